The maximum absolute atomic E-state index is 8.99. The van der Waals surface area contributed by atoms with Gasteiger partial charge in [-0.15, -0.1) is 0 Å². The first-order valence-electron chi connectivity index (χ1n) is 6.58. The van der Waals surface area contributed by atoms with Crippen molar-refractivity contribution in [2.24, 2.45) is 0 Å². The van der Waals surface area contributed by atoms with E-state index in [4.69, 9.17) is 10.00 Å². The molecule has 1 aromatic heterocycles. The fraction of sp³-hybridized carbons (Fsp3) is 0.312. The molecule has 4 nitrogen and oxygen atoms in total. The zero-order valence-electron chi connectivity index (χ0n) is 12.1. The maximum atomic E-state index is 8.99. The molecule has 4 heteroatoms. The van der Waals surface area contributed by atoms with Gasteiger partial charge in [-0.2, -0.15) is 5.26 Å². The van der Waals surface area contributed by atoms with Crippen molar-refractivity contribution in [3.8, 4) is 11.8 Å². The monoisotopic (exact) mass is 269 g/mol. The second kappa shape index (κ2) is 6.27. The summed E-state index contributed by atoms with van der Waals surface area (Å²) in [6, 6.07) is 10.1. The summed E-state index contributed by atoms with van der Waals surface area (Å²) >= 11 is 0. The zero-order valence-corrected chi connectivity index (χ0v) is 12.1. The third kappa shape index (κ3) is 3.01. The standard InChI is InChI=1S/C16H19N3O/c1-12(18-2)14-6-7-19(10-14)11-15-8-13(9-17)4-5-16(15)20-3/h4-8,10,12,18H,11H2,1-3H3. The lowest BCUT2D eigenvalue weighted by Crippen LogP contribution is -2.11. The van der Waals surface area contributed by atoms with Crippen molar-refractivity contribution in [1.82, 2.24) is 9.88 Å². The molecule has 1 atom stereocenters. The number of methoxy groups -OCH3 is 1. The fourth-order valence-corrected chi connectivity index (χ4v) is 2.15. The van der Waals surface area contributed by atoms with Gasteiger partial charge in [0, 0.05) is 24.0 Å². The summed E-state index contributed by atoms with van der Waals surface area (Å²) in [6.07, 6.45) is 4.15. The van der Waals surface area contributed by atoms with E-state index >= 15 is 0 Å². The van der Waals surface area contributed by atoms with Crippen LogP contribution in [0.2, 0.25) is 0 Å². The number of ether oxygens (including phenoxy) is 1. The number of nitriles is 1. The molecule has 0 aliphatic heterocycles. The molecule has 1 aromatic carbocycles. The van der Waals surface area contributed by atoms with Gasteiger partial charge in [0.2, 0.25) is 0 Å². The van der Waals surface area contributed by atoms with E-state index in [2.05, 4.69) is 35.1 Å². The van der Waals surface area contributed by atoms with E-state index in [9.17, 15) is 0 Å². The van der Waals surface area contributed by atoms with Crippen molar-refractivity contribution in [1.29, 1.82) is 5.26 Å². The van der Waals surface area contributed by atoms with Gasteiger partial charge in [-0.3, -0.25) is 0 Å². The van der Waals surface area contributed by atoms with Gasteiger partial charge in [-0.1, -0.05) is 0 Å². The molecule has 0 saturated carbocycles. The molecule has 0 fully saturated rings. The highest BCUT2D eigenvalue weighted by atomic mass is 16.5. The van der Waals surface area contributed by atoms with Crippen LogP contribution in [0, 0.1) is 11.3 Å². The average Bonchev–Trinajstić information content (AvgIpc) is 2.94. The highest BCUT2D eigenvalue weighted by Crippen LogP contribution is 2.22. The van der Waals surface area contributed by atoms with E-state index in [0.29, 0.717) is 18.2 Å². The number of aromatic nitrogens is 1. The van der Waals surface area contributed by atoms with Crippen LogP contribution in [0.5, 0.6) is 5.75 Å². The van der Waals surface area contributed by atoms with Crippen molar-refractivity contribution in [2.45, 2.75) is 19.5 Å². The van der Waals surface area contributed by atoms with Gasteiger partial charge in [-0.25, -0.2) is 0 Å². The number of hydrogen-bond acceptors (Lipinski definition) is 3. The van der Waals surface area contributed by atoms with E-state index in [0.717, 1.165) is 11.3 Å². The van der Waals surface area contributed by atoms with Gasteiger partial charge in [-0.05, 0) is 43.8 Å². The molecule has 0 bridgehead atoms. The number of benzene rings is 1. The van der Waals surface area contributed by atoms with Crippen LogP contribution < -0.4 is 10.1 Å². The predicted octanol–water partition coefficient (Wildman–Crippen LogP) is 2.70. The number of rotatable bonds is 5. The molecule has 1 unspecified atom stereocenters. The van der Waals surface area contributed by atoms with Gasteiger partial charge in [0.25, 0.3) is 0 Å². The molecule has 104 valence electrons. The molecule has 0 saturated heterocycles. The summed E-state index contributed by atoms with van der Waals surface area (Å²) < 4.78 is 7.46. The molecule has 20 heavy (non-hydrogen) atoms. The Morgan fingerprint density at radius 2 is 2.20 bits per heavy atom. The topological polar surface area (TPSA) is 50.0 Å². The minimum Gasteiger partial charge on any atom is -0.496 e. The normalized spacial score (nSPS) is 11.9. The summed E-state index contributed by atoms with van der Waals surface area (Å²) in [7, 11) is 3.59. The molecule has 0 aliphatic carbocycles. The van der Waals surface area contributed by atoms with Crippen molar-refractivity contribution >= 4 is 0 Å². The molecule has 0 spiro atoms. The lowest BCUT2D eigenvalue weighted by atomic mass is 10.1. The summed E-state index contributed by atoms with van der Waals surface area (Å²) in [4.78, 5) is 0. The van der Waals surface area contributed by atoms with Crippen LogP contribution in [-0.4, -0.2) is 18.7 Å². The Bertz CT molecular complexity index is 625. The Morgan fingerprint density at radius 3 is 2.85 bits per heavy atom. The van der Waals surface area contributed by atoms with Crippen molar-refractivity contribution in [3.05, 3.63) is 53.3 Å². The molecule has 0 radical (unpaired) electrons. The molecule has 2 aromatic rings. The molecule has 1 N–H and O–H groups in total. The zero-order chi connectivity index (χ0) is 14.5. The van der Waals surface area contributed by atoms with E-state index < -0.39 is 0 Å². The van der Waals surface area contributed by atoms with Gasteiger partial charge in [0.15, 0.2) is 0 Å². The number of nitrogens with zero attached hydrogens (tertiary/aromatic N) is 2. The average molecular weight is 269 g/mol. The van der Waals surface area contributed by atoms with E-state index in [-0.39, 0.29) is 0 Å². The second-order valence-corrected chi connectivity index (χ2v) is 4.77. The highest BCUT2D eigenvalue weighted by molar-refractivity contribution is 5.42. The largest absolute Gasteiger partial charge is 0.496 e. The molecule has 1 heterocycles. The van der Waals surface area contributed by atoms with Crippen LogP contribution in [0.3, 0.4) is 0 Å². The summed E-state index contributed by atoms with van der Waals surface area (Å²) in [5.74, 6) is 0.806. The van der Waals surface area contributed by atoms with Crippen LogP contribution in [0.1, 0.15) is 29.7 Å². The predicted molar refractivity (Wildman–Crippen MR) is 78.7 cm³/mol. The van der Waals surface area contributed by atoms with E-state index in [1.807, 2.05) is 25.4 Å². The maximum Gasteiger partial charge on any atom is 0.123 e. The van der Waals surface area contributed by atoms with Crippen molar-refractivity contribution in [3.63, 3.8) is 0 Å². The Balaban J connectivity index is 2.25. The third-order valence-corrected chi connectivity index (χ3v) is 3.47. The van der Waals surface area contributed by atoms with Crippen LogP contribution in [0.15, 0.2) is 36.7 Å². The summed E-state index contributed by atoms with van der Waals surface area (Å²) in [6.45, 7) is 2.81. The summed E-state index contributed by atoms with van der Waals surface area (Å²) in [5, 5.41) is 12.2. The highest BCUT2D eigenvalue weighted by Gasteiger charge is 2.08. The first-order chi connectivity index (χ1) is 9.67. The SMILES string of the molecule is CNC(C)c1ccn(Cc2cc(C#N)ccc2OC)c1. The first kappa shape index (κ1) is 14.2. The second-order valence-electron chi connectivity index (χ2n) is 4.77. The molecular weight excluding hydrogens is 250 g/mol. The Morgan fingerprint density at radius 1 is 1.40 bits per heavy atom. The van der Waals surface area contributed by atoms with Gasteiger partial charge in [0.05, 0.1) is 25.3 Å². The van der Waals surface area contributed by atoms with Crippen molar-refractivity contribution < 1.29 is 4.74 Å². The first-order valence-corrected chi connectivity index (χ1v) is 6.58. The Kier molecular flexibility index (Phi) is 4.44. The summed E-state index contributed by atoms with van der Waals surface area (Å²) in [5.41, 5.74) is 2.89. The molecule has 2 rings (SSSR count). The minimum absolute atomic E-state index is 0.323. The Labute approximate surface area is 119 Å². The van der Waals surface area contributed by atoms with E-state index in [1.54, 1.807) is 13.2 Å². The quantitative estimate of drug-likeness (QED) is 0.908. The van der Waals surface area contributed by atoms with Crippen LogP contribution in [-0.2, 0) is 6.54 Å². The van der Waals surface area contributed by atoms with Gasteiger partial charge in [0.1, 0.15) is 5.75 Å². The van der Waals surface area contributed by atoms with E-state index in [1.165, 1.54) is 5.56 Å². The van der Waals surface area contributed by atoms with Crippen LogP contribution >= 0.6 is 0 Å². The molecular formula is C16H19N3O. The van der Waals surface area contributed by atoms with Crippen LogP contribution in [0.4, 0.5) is 0 Å². The molecule has 0 aliphatic rings. The third-order valence-electron chi connectivity index (χ3n) is 3.47. The lowest BCUT2D eigenvalue weighted by molar-refractivity contribution is 0.408. The number of hydrogen-bond donors (Lipinski definition) is 1. The minimum atomic E-state index is 0.323. The van der Waals surface area contributed by atoms with Crippen molar-refractivity contribution in [2.75, 3.05) is 14.2 Å². The Hall–Kier alpha value is -2.25. The van der Waals surface area contributed by atoms with Gasteiger partial charge >= 0.3 is 0 Å². The number of nitrogens with one attached hydrogen (secondary N) is 1. The smallest absolute Gasteiger partial charge is 0.123 e. The fourth-order valence-electron chi connectivity index (χ4n) is 2.15. The van der Waals surface area contributed by atoms with Gasteiger partial charge < -0.3 is 14.6 Å². The van der Waals surface area contributed by atoms with Crippen LogP contribution in [0.25, 0.3) is 0 Å². The molecule has 0 amide bonds. The lowest BCUT2D eigenvalue weighted by Gasteiger charge is -2.10.